The molecule has 0 atom stereocenters. The summed E-state index contributed by atoms with van der Waals surface area (Å²) in [4.78, 5) is 36.2. The Morgan fingerprint density at radius 1 is 0.621 bits per heavy atom. The number of carbonyl (C=O) groups is 3. The van der Waals surface area contributed by atoms with Crippen LogP contribution in [0.1, 0.15) is 34.1 Å². The van der Waals surface area contributed by atoms with Crippen molar-refractivity contribution in [1.82, 2.24) is 0 Å². The Morgan fingerprint density at radius 3 is 1.79 bits per heavy atom. The highest BCUT2D eigenvalue weighted by atomic mass is 16.2. The topological polar surface area (TPSA) is 87.3 Å². The van der Waals surface area contributed by atoms with Gasteiger partial charge in [-0.25, -0.2) is 0 Å². The van der Waals surface area contributed by atoms with E-state index in [-0.39, 0.29) is 17.7 Å². The Kier molecular flexibility index (Phi) is 6.37. The van der Waals surface area contributed by atoms with Crippen molar-refractivity contribution in [2.75, 3.05) is 16.0 Å². The summed E-state index contributed by atoms with van der Waals surface area (Å²) in [5, 5.41) is 8.35. The zero-order chi connectivity index (χ0) is 20.6. The summed E-state index contributed by atoms with van der Waals surface area (Å²) in [7, 11) is 0. The molecule has 3 amide bonds. The number of rotatable bonds is 6. The fourth-order valence-corrected chi connectivity index (χ4v) is 2.63. The zero-order valence-electron chi connectivity index (χ0n) is 15.9. The molecule has 0 aliphatic rings. The third kappa shape index (κ3) is 5.52. The second-order valence-corrected chi connectivity index (χ2v) is 6.33. The number of amides is 3. The van der Waals surface area contributed by atoms with Crippen molar-refractivity contribution >= 4 is 34.8 Å². The van der Waals surface area contributed by atoms with Crippen LogP contribution in [0.4, 0.5) is 17.1 Å². The van der Waals surface area contributed by atoms with E-state index in [2.05, 4.69) is 16.0 Å². The third-order valence-corrected chi connectivity index (χ3v) is 4.17. The Morgan fingerprint density at radius 2 is 1.17 bits per heavy atom. The molecular formula is C23H21N3O3. The van der Waals surface area contributed by atoms with E-state index in [1.165, 1.54) is 0 Å². The first-order chi connectivity index (χ1) is 14.0. The SMILES string of the molecule is CCC(=O)Nc1cccc(NC(=O)c2ccc(NC(=O)c3ccccc3)cc2)c1. The summed E-state index contributed by atoms with van der Waals surface area (Å²) < 4.78 is 0. The highest BCUT2D eigenvalue weighted by Gasteiger charge is 2.09. The lowest BCUT2D eigenvalue weighted by atomic mass is 10.1. The lowest BCUT2D eigenvalue weighted by molar-refractivity contribution is -0.115. The monoisotopic (exact) mass is 387 g/mol. The Hall–Kier alpha value is -3.93. The molecule has 6 nitrogen and oxygen atoms in total. The molecular weight excluding hydrogens is 366 g/mol. The van der Waals surface area contributed by atoms with Crippen LogP contribution in [0.2, 0.25) is 0 Å². The largest absolute Gasteiger partial charge is 0.326 e. The summed E-state index contributed by atoms with van der Waals surface area (Å²) >= 11 is 0. The molecule has 0 spiro atoms. The number of carbonyl (C=O) groups excluding carboxylic acids is 3. The minimum atomic E-state index is -0.287. The Bertz CT molecular complexity index is 1020. The zero-order valence-corrected chi connectivity index (χ0v) is 15.9. The summed E-state index contributed by atoms with van der Waals surface area (Å²) in [5.74, 6) is -0.597. The van der Waals surface area contributed by atoms with Crippen LogP contribution in [-0.2, 0) is 4.79 Å². The van der Waals surface area contributed by atoms with Crippen molar-refractivity contribution in [3.8, 4) is 0 Å². The van der Waals surface area contributed by atoms with Crippen LogP contribution >= 0.6 is 0 Å². The third-order valence-electron chi connectivity index (χ3n) is 4.17. The molecule has 3 rings (SSSR count). The van der Waals surface area contributed by atoms with E-state index in [0.29, 0.717) is 34.6 Å². The highest BCUT2D eigenvalue weighted by Crippen LogP contribution is 2.17. The van der Waals surface area contributed by atoms with Gasteiger partial charge in [0.05, 0.1) is 0 Å². The fourth-order valence-electron chi connectivity index (χ4n) is 2.63. The van der Waals surface area contributed by atoms with E-state index in [1.807, 2.05) is 6.07 Å². The Labute approximate surface area is 169 Å². The van der Waals surface area contributed by atoms with E-state index >= 15 is 0 Å². The summed E-state index contributed by atoms with van der Waals surface area (Å²) in [6, 6.07) is 22.5. The number of nitrogens with one attached hydrogen (secondary N) is 3. The van der Waals surface area contributed by atoms with Crippen molar-refractivity contribution in [1.29, 1.82) is 0 Å². The molecule has 0 aliphatic heterocycles. The van der Waals surface area contributed by atoms with Gasteiger partial charge in [-0.2, -0.15) is 0 Å². The molecule has 0 fully saturated rings. The van der Waals surface area contributed by atoms with Crippen LogP contribution in [0, 0.1) is 0 Å². The minimum Gasteiger partial charge on any atom is -0.326 e. The summed E-state index contributed by atoms with van der Waals surface area (Å²) in [6.45, 7) is 1.77. The standard InChI is InChI=1S/C23H21N3O3/c1-2-21(27)24-19-9-6-10-20(15-19)26-23(29)17-11-13-18(14-12-17)25-22(28)16-7-4-3-5-8-16/h3-15H,2H2,1H3,(H,24,27)(H,25,28)(H,26,29). The van der Waals surface area contributed by atoms with E-state index < -0.39 is 0 Å². The molecule has 3 aromatic carbocycles. The summed E-state index contributed by atoms with van der Waals surface area (Å²) in [6.07, 6.45) is 0.379. The molecule has 3 aromatic rings. The van der Waals surface area contributed by atoms with E-state index in [9.17, 15) is 14.4 Å². The average molecular weight is 387 g/mol. The molecule has 146 valence electrons. The highest BCUT2D eigenvalue weighted by molar-refractivity contribution is 6.06. The molecule has 0 bridgehead atoms. The van der Waals surface area contributed by atoms with Gasteiger partial charge in [0.2, 0.25) is 5.91 Å². The van der Waals surface area contributed by atoms with Crippen LogP contribution in [0.3, 0.4) is 0 Å². The van der Waals surface area contributed by atoms with E-state index in [1.54, 1.807) is 79.7 Å². The van der Waals surface area contributed by atoms with Crippen molar-refractivity contribution in [3.05, 3.63) is 90.0 Å². The first kappa shape index (κ1) is 19.8. The van der Waals surface area contributed by atoms with Gasteiger partial charge in [0.25, 0.3) is 11.8 Å². The van der Waals surface area contributed by atoms with Gasteiger partial charge >= 0.3 is 0 Å². The Balaban J connectivity index is 1.63. The molecule has 6 heteroatoms. The van der Waals surface area contributed by atoms with Crippen molar-refractivity contribution in [2.24, 2.45) is 0 Å². The maximum absolute atomic E-state index is 12.5. The van der Waals surface area contributed by atoms with Crippen LogP contribution in [0.15, 0.2) is 78.9 Å². The van der Waals surface area contributed by atoms with Crippen molar-refractivity contribution < 1.29 is 14.4 Å². The normalized spacial score (nSPS) is 10.1. The van der Waals surface area contributed by atoms with Gasteiger partial charge in [0, 0.05) is 34.6 Å². The second kappa shape index (κ2) is 9.32. The van der Waals surface area contributed by atoms with Crippen molar-refractivity contribution in [3.63, 3.8) is 0 Å². The van der Waals surface area contributed by atoms with E-state index in [0.717, 1.165) is 0 Å². The average Bonchev–Trinajstić information content (AvgIpc) is 2.75. The number of anilines is 3. The quantitative estimate of drug-likeness (QED) is 0.580. The molecule has 3 N–H and O–H groups in total. The van der Waals surface area contributed by atoms with Gasteiger partial charge in [-0.3, -0.25) is 14.4 Å². The fraction of sp³-hybridized carbons (Fsp3) is 0.0870. The van der Waals surface area contributed by atoms with Gasteiger partial charge in [-0.15, -0.1) is 0 Å². The molecule has 0 aliphatic carbocycles. The van der Waals surface area contributed by atoms with Gasteiger partial charge in [-0.05, 0) is 54.6 Å². The molecule has 0 saturated carbocycles. The molecule has 0 aromatic heterocycles. The van der Waals surface area contributed by atoms with Crippen molar-refractivity contribution in [2.45, 2.75) is 13.3 Å². The van der Waals surface area contributed by atoms with Gasteiger partial charge < -0.3 is 16.0 Å². The predicted molar refractivity (Wildman–Crippen MR) is 114 cm³/mol. The second-order valence-electron chi connectivity index (χ2n) is 6.33. The maximum atomic E-state index is 12.5. The lowest BCUT2D eigenvalue weighted by Crippen LogP contribution is -2.14. The van der Waals surface area contributed by atoms with Crippen LogP contribution < -0.4 is 16.0 Å². The first-order valence-electron chi connectivity index (χ1n) is 9.23. The lowest BCUT2D eigenvalue weighted by Gasteiger charge is -2.09. The van der Waals surface area contributed by atoms with Crippen LogP contribution in [0.5, 0.6) is 0 Å². The molecule has 0 unspecified atom stereocenters. The van der Waals surface area contributed by atoms with Gasteiger partial charge in [0.1, 0.15) is 0 Å². The maximum Gasteiger partial charge on any atom is 0.255 e. The minimum absolute atomic E-state index is 0.0957. The van der Waals surface area contributed by atoms with E-state index in [4.69, 9.17) is 0 Å². The van der Waals surface area contributed by atoms with Gasteiger partial charge in [-0.1, -0.05) is 31.2 Å². The molecule has 0 saturated heterocycles. The van der Waals surface area contributed by atoms with Crippen LogP contribution in [0.25, 0.3) is 0 Å². The summed E-state index contributed by atoms with van der Waals surface area (Å²) in [5.41, 5.74) is 2.80. The molecule has 0 radical (unpaired) electrons. The number of hydrogen-bond donors (Lipinski definition) is 3. The van der Waals surface area contributed by atoms with Gasteiger partial charge in [0.15, 0.2) is 0 Å². The molecule has 0 heterocycles. The number of hydrogen-bond acceptors (Lipinski definition) is 3. The number of benzene rings is 3. The van der Waals surface area contributed by atoms with Crippen LogP contribution in [-0.4, -0.2) is 17.7 Å². The molecule has 29 heavy (non-hydrogen) atoms. The predicted octanol–water partition coefficient (Wildman–Crippen LogP) is 4.54. The smallest absolute Gasteiger partial charge is 0.255 e. The first-order valence-corrected chi connectivity index (χ1v) is 9.23.